The second-order valence-corrected chi connectivity index (χ2v) is 3.89. The number of benzene rings is 1. The van der Waals surface area contributed by atoms with Crippen LogP contribution < -0.4 is 10.1 Å². The maximum Gasteiger partial charge on any atom is 0.131 e. The number of hydrogen-bond acceptors (Lipinski definition) is 2. The molecule has 1 aromatic carbocycles. The van der Waals surface area contributed by atoms with E-state index in [1.54, 1.807) is 25.3 Å². The Hall–Kier alpha value is -1.35. The summed E-state index contributed by atoms with van der Waals surface area (Å²) in [4.78, 5) is 0. The standard InChI is InChI=1S/C14H20FNO/c1-4-7-12(16-10-5-2)14-11(15)8-6-9-13(14)17-3/h4,6,8-9,12,16H,1,5,7,10H2,2-3H3. The summed E-state index contributed by atoms with van der Waals surface area (Å²) in [6.07, 6.45) is 3.47. The van der Waals surface area contributed by atoms with Crippen LogP contribution in [0, 0.1) is 5.82 Å². The van der Waals surface area contributed by atoms with E-state index >= 15 is 0 Å². The third kappa shape index (κ3) is 3.56. The predicted octanol–water partition coefficient (Wildman–Crippen LogP) is 3.45. The summed E-state index contributed by atoms with van der Waals surface area (Å²) >= 11 is 0. The van der Waals surface area contributed by atoms with Crippen molar-refractivity contribution in [3.05, 3.63) is 42.2 Å². The molecule has 0 aliphatic heterocycles. The Morgan fingerprint density at radius 3 is 2.88 bits per heavy atom. The van der Waals surface area contributed by atoms with E-state index in [0.717, 1.165) is 13.0 Å². The Morgan fingerprint density at radius 1 is 1.53 bits per heavy atom. The molecule has 3 heteroatoms. The molecule has 0 aliphatic carbocycles. The molecule has 1 rings (SSSR count). The molecule has 1 N–H and O–H groups in total. The molecule has 0 fully saturated rings. The molecule has 1 aromatic rings. The molecule has 1 unspecified atom stereocenters. The van der Waals surface area contributed by atoms with Crippen molar-refractivity contribution < 1.29 is 9.13 Å². The Bertz CT molecular complexity index is 365. The highest BCUT2D eigenvalue weighted by atomic mass is 19.1. The maximum absolute atomic E-state index is 13.9. The van der Waals surface area contributed by atoms with E-state index in [1.807, 2.05) is 0 Å². The number of rotatable bonds is 7. The van der Waals surface area contributed by atoms with Gasteiger partial charge >= 0.3 is 0 Å². The van der Waals surface area contributed by atoms with Gasteiger partial charge in [-0.3, -0.25) is 0 Å². The number of ether oxygens (including phenoxy) is 1. The van der Waals surface area contributed by atoms with Crippen molar-refractivity contribution in [2.24, 2.45) is 0 Å². The van der Waals surface area contributed by atoms with Crippen molar-refractivity contribution in [3.8, 4) is 5.75 Å². The summed E-state index contributed by atoms with van der Waals surface area (Å²) in [7, 11) is 1.56. The normalized spacial score (nSPS) is 12.2. The SMILES string of the molecule is C=CCC(NCCC)c1c(F)cccc1OC. The number of nitrogens with one attached hydrogen (secondary N) is 1. The third-order valence-electron chi connectivity index (χ3n) is 2.62. The van der Waals surface area contributed by atoms with Gasteiger partial charge in [0.1, 0.15) is 11.6 Å². The number of halogens is 1. The average molecular weight is 237 g/mol. The lowest BCUT2D eigenvalue weighted by Gasteiger charge is -2.20. The molecular formula is C14H20FNO. The van der Waals surface area contributed by atoms with Gasteiger partial charge in [0.05, 0.1) is 7.11 Å². The molecule has 17 heavy (non-hydrogen) atoms. The Labute approximate surface area is 102 Å². The molecule has 0 heterocycles. The van der Waals surface area contributed by atoms with Crippen LogP contribution in [0.15, 0.2) is 30.9 Å². The lowest BCUT2D eigenvalue weighted by atomic mass is 10.0. The fraction of sp³-hybridized carbons (Fsp3) is 0.429. The molecule has 0 aliphatic rings. The van der Waals surface area contributed by atoms with Crippen molar-refractivity contribution in [1.82, 2.24) is 5.32 Å². The smallest absolute Gasteiger partial charge is 0.131 e. The van der Waals surface area contributed by atoms with Gasteiger partial charge in [-0.2, -0.15) is 0 Å². The van der Waals surface area contributed by atoms with E-state index in [0.29, 0.717) is 17.7 Å². The monoisotopic (exact) mass is 237 g/mol. The van der Waals surface area contributed by atoms with Gasteiger partial charge in [0.25, 0.3) is 0 Å². The van der Waals surface area contributed by atoms with E-state index in [1.165, 1.54) is 6.07 Å². The molecule has 0 bridgehead atoms. The minimum absolute atomic E-state index is 0.0800. The van der Waals surface area contributed by atoms with Crippen molar-refractivity contribution in [3.63, 3.8) is 0 Å². The molecule has 1 atom stereocenters. The zero-order valence-electron chi connectivity index (χ0n) is 10.5. The van der Waals surface area contributed by atoms with E-state index in [-0.39, 0.29) is 11.9 Å². The minimum Gasteiger partial charge on any atom is -0.496 e. The maximum atomic E-state index is 13.9. The first-order chi connectivity index (χ1) is 8.24. The lowest BCUT2D eigenvalue weighted by molar-refractivity contribution is 0.390. The van der Waals surface area contributed by atoms with E-state index in [2.05, 4.69) is 18.8 Å². The summed E-state index contributed by atoms with van der Waals surface area (Å²) < 4.78 is 19.1. The lowest BCUT2D eigenvalue weighted by Crippen LogP contribution is -2.23. The molecule has 0 radical (unpaired) electrons. The molecule has 2 nitrogen and oxygen atoms in total. The summed E-state index contributed by atoms with van der Waals surface area (Å²) in [6.45, 7) is 6.64. The highest BCUT2D eigenvalue weighted by molar-refractivity contribution is 5.37. The van der Waals surface area contributed by atoms with E-state index < -0.39 is 0 Å². The summed E-state index contributed by atoms with van der Waals surface area (Å²) in [5.41, 5.74) is 0.586. The summed E-state index contributed by atoms with van der Waals surface area (Å²) in [6, 6.07) is 4.81. The van der Waals surface area contributed by atoms with Crippen molar-refractivity contribution >= 4 is 0 Å². The molecular weight excluding hydrogens is 217 g/mol. The van der Waals surface area contributed by atoms with Crippen molar-refractivity contribution in [2.75, 3.05) is 13.7 Å². The molecule has 0 aromatic heterocycles. The van der Waals surface area contributed by atoms with Crippen LogP contribution in [0.5, 0.6) is 5.75 Å². The van der Waals surface area contributed by atoms with Crippen LogP contribution in [0.3, 0.4) is 0 Å². The topological polar surface area (TPSA) is 21.3 Å². The quantitative estimate of drug-likeness (QED) is 0.733. The van der Waals surface area contributed by atoms with Crippen LogP contribution >= 0.6 is 0 Å². The number of hydrogen-bond donors (Lipinski definition) is 1. The van der Waals surface area contributed by atoms with Crippen molar-refractivity contribution in [2.45, 2.75) is 25.8 Å². The van der Waals surface area contributed by atoms with Gasteiger partial charge in [-0.05, 0) is 31.5 Å². The van der Waals surface area contributed by atoms with Gasteiger partial charge in [-0.15, -0.1) is 6.58 Å². The van der Waals surface area contributed by atoms with Gasteiger partial charge in [-0.1, -0.05) is 19.1 Å². The molecule has 0 amide bonds. The van der Waals surface area contributed by atoms with Gasteiger partial charge in [0, 0.05) is 11.6 Å². The van der Waals surface area contributed by atoms with E-state index in [4.69, 9.17) is 4.74 Å². The molecule has 0 spiro atoms. The molecule has 0 saturated heterocycles. The predicted molar refractivity (Wildman–Crippen MR) is 68.8 cm³/mol. The van der Waals surface area contributed by atoms with Crippen molar-refractivity contribution in [1.29, 1.82) is 0 Å². The molecule has 0 saturated carbocycles. The first-order valence-electron chi connectivity index (χ1n) is 5.91. The van der Waals surface area contributed by atoms with Gasteiger partial charge in [0.2, 0.25) is 0 Å². The third-order valence-corrected chi connectivity index (χ3v) is 2.62. The van der Waals surface area contributed by atoms with Crippen LogP contribution in [0.25, 0.3) is 0 Å². The number of methoxy groups -OCH3 is 1. The Balaban J connectivity index is 3.02. The average Bonchev–Trinajstić information content (AvgIpc) is 2.34. The fourth-order valence-corrected chi connectivity index (χ4v) is 1.82. The second-order valence-electron chi connectivity index (χ2n) is 3.89. The van der Waals surface area contributed by atoms with Gasteiger partial charge in [0.15, 0.2) is 0 Å². The summed E-state index contributed by atoms with van der Waals surface area (Å²) in [5, 5.41) is 3.31. The Kier molecular flexibility index (Phi) is 5.70. The molecule has 94 valence electrons. The van der Waals surface area contributed by atoms with Gasteiger partial charge in [-0.25, -0.2) is 4.39 Å². The van der Waals surface area contributed by atoms with Crippen LogP contribution in [-0.4, -0.2) is 13.7 Å². The fourth-order valence-electron chi connectivity index (χ4n) is 1.82. The van der Waals surface area contributed by atoms with Crippen LogP contribution in [0.4, 0.5) is 4.39 Å². The van der Waals surface area contributed by atoms with Crippen LogP contribution in [0.2, 0.25) is 0 Å². The van der Waals surface area contributed by atoms with Crippen LogP contribution in [-0.2, 0) is 0 Å². The largest absolute Gasteiger partial charge is 0.496 e. The summed E-state index contributed by atoms with van der Waals surface area (Å²) in [5.74, 6) is 0.347. The minimum atomic E-state index is -0.236. The highest BCUT2D eigenvalue weighted by Crippen LogP contribution is 2.29. The first kappa shape index (κ1) is 13.7. The zero-order chi connectivity index (χ0) is 12.7. The first-order valence-corrected chi connectivity index (χ1v) is 5.91. The van der Waals surface area contributed by atoms with Gasteiger partial charge < -0.3 is 10.1 Å². The second kappa shape index (κ2) is 7.07. The zero-order valence-corrected chi connectivity index (χ0v) is 10.5. The Morgan fingerprint density at radius 2 is 2.29 bits per heavy atom. The highest BCUT2D eigenvalue weighted by Gasteiger charge is 2.18. The van der Waals surface area contributed by atoms with E-state index in [9.17, 15) is 4.39 Å². The van der Waals surface area contributed by atoms with Crippen LogP contribution in [0.1, 0.15) is 31.4 Å².